The Hall–Kier alpha value is -3.81. The number of hydrogen-bond donors (Lipinski definition) is 4. The first kappa shape index (κ1) is 35.1. The van der Waals surface area contributed by atoms with Crippen molar-refractivity contribution in [3.8, 4) is 6.07 Å². The highest BCUT2D eigenvalue weighted by Gasteiger charge is 2.31. The van der Waals surface area contributed by atoms with Crippen LogP contribution in [0.25, 0.3) is 0 Å². The van der Waals surface area contributed by atoms with E-state index in [1.54, 1.807) is 23.6 Å². The second-order valence-corrected chi connectivity index (χ2v) is 14.1. The van der Waals surface area contributed by atoms with Crippen molar-refractivity contribution in [3.63, 3.8) is 0 Å². The van der Waals surface area contributed by atoms with Crippen molar-refractivity contribution in [2.75, 3.05) is 19.3 Å². The minimum absolute atomic E-state index is 0.0560. The summed E-state index contributed by atoms with van der Waals surface area (Å²) >= 11 is 1.54. The highest BCUT2D eigenvalue weighted by Crippen LogP contribution is 2.46. The van der Waals surface area contributed by atoms with Crippen LogP contribution in [-0.2, 0) is 12.8 Å². The minimum Gasteiger partial charge on any atom is -0.402 e. The Labute approximate surface area is 279 Å². The molecule has 2 aromatic rings. The van der Waals surface area contributed by atoms with Crippen LogP contribution in [0.1, 0.15) is 113 Å². The van der Waals surface area contributed by atoms with E-state index in [0.717, 1.165) is 79.6 Å². The van der Waals surface area contributed by atoms with E-state index in [4.69, 9.17) is 21.4 Å². The molecule has 0 spiro atoms. The number of anilines is 1. The molecule has 4 rings (SSSR count). The van der Waals surface area contributed by atoms with Gasteiger partial charge in [-0.25, -0.2) is 15.0 Å². The number of fused-ring (bicyclic) bond motifs is 1. The molecule has 10 heteroatoms. The number of nitrogens with zero attached hydrogens (tertiary/aromatic N) is 5. The lowest BCUT2D eigenvalue weighted by molar-refractivity contribution is 0.296. The molecule has 246 valence electrons. The van der Waals surface area contributed by atoms with Crippen molar-refractivity contribution >= 4 is 34.1 Å². The van der Waals surface area contributed by atoms with E-state index in [2.05, 4.69) is 62.6 Å². The van der Waals surface area contributed by atoms with Gasteiger partial charge in [-0.3, -0.25) is 5.41 Å². The molecular formula is C36H51N9S. The molecule has 0 amide bonds. The highest BCUT2D eigenvalue weighted by atomic mass is 32.1. The largest absolute Gasteiger partial charge is 0.402 e. The quantitative estimate of drug-likeness (QED) is 0.161. The lowest BCUT2D eigenvalue weighted by atomic mass is 9.78. The van der Waals surface area contributed by atoms with Gasteiger partial charge in [0, 0.05) is 58.7 Å². The topological polar surface area (TPSA) is 153 Å². The number of aliphatic imine (C=N–C) groups is 1. The molecule has 0 radical (unpaired) electrons. The van der Waals surface area contributed by atoms with Crippen molar-refractivity contribution in [2.24, 2.45) is 10.7 Å². The smallest absolute Gasteiger partial charge is 0.180 e. The number of aryl methyl sites for hydroxylation is 2. The molecule has 2 aliphatic rings. The van der Waals surface area contributed by atoms with Crippen LogP contribution in [0.5, 0.6) is 0 Å². The van der Waals surface area contributed by atoms with Crippen LogP contribution in [0.4, 0.5) is 10.8 Å². The van der Waals surface area contributed by atoms with E-state index in [9.17, 15) is 10.7 Å². The molecule has 1 saturated heterocycles. The Kier molecular flexibility index (Phi) is 12.3. The van der Waals surface area contributed by atoms with Crippen molar-refractivity contribution < 1.29 is 0 Å². The van der Waals surface area contributed by atoms with Crippen LogP contribution in [0.3, 0.4) is 0 Å². The zero-order valence-electron chi connectivity index (χ0n) is 28.2. The van der Waals surface area contributed by atoms with Crippen molar-refractivity contribution in [2.45, 2.75) is 110 Å². The highest BCUT2D eigenvalue weighted by molar-refractivity contribution is 7.16. The Bertz CT molecular complexity index is 1560. The Balaban J connectivity index is 1.68. The second-order valence-electron chi connectivity index (χ2n) is 13.0. The maximum Gasteiger partial charge on any atom is 0.180 e. The SMILES string of the molecule is C=C(C/C(N)=C/C=Nc1cc(CC[C@@H]2CCCN2C)nc(C(=N)/C(CCC)=C(\C)[C@H]2CCCc3sc(N)c(C#N)c32)n1)NC(C)C. The zero-order valence-corrected chi connectivity index (χ0v) is 29.1. The van der Waals surface area contributed by atoms with Gasteiger partial charge in [0.2, 0.25) is 0 Å². The number of nitrogens with two attached hydrogens (primary N) is 2. The van der Waals surface area contributed by atoms with Gasteiger partial charge in [0.05, 0.1) is 5.56 Å². The van der Waals surface area contributed by atoms with Crippen molar-refractivity contribution in [1.82, 2.24) is 20.2 Å². The van der Waals surface area contributed by atoms with Gasteiger partial charge in [-0.05, 0) is 103 Å². The van der Waals surface area contributed by atoms with Crippen LogP contribution in [0.15, 0.2) is 46.3 Å². The summed E-state index contributed by atoms with van der Waals surface area (Å²) in [5, 5.41) is 23.3. The van der Waals surface area contributed by atoms with Crippen molar-refractivity contribution in [3.05, 3.63) is 68.8 Å². The predicted octanol–water partition coefficient (Wildman–Crippen LogP) is 7.07. The first-order chi connectivity index (χ1) is 22.0. The summed E-state index contributed by atoms with van der Waals surface area (Å²) in [4.78, 5) is 18.0. The fourth-order valence-electron chi connectivity index (χ4n) is 6.76. The van der Waals surface area contributed by atoms with Gasteiger partial charge < -0.3 is 21.7 Å². The van der Waals surface area contributed by atoms with E-state index in [1.165, 1.54) is 17.7 Å². The average Bonchev–Trinajstić information content (AvgIpc) is 3.58. The summed E-state index contributed by atoms with van der Waals surface area (Å²) in [6, 6.07) is 5.12. The maximum absolute atomic E-state index is 9.94. The average molecular weight is 642 g/mol. The summed E-state index contributed by atoms with van der Waals surface area (Å²) in [6.45, 7) is 13.6. The van der Waals surface area contributed by atoms with E-state index in [-0.39, 0.29) is 5.92 Å². The summed E-state index contributed by atoms with van der Waals surface area (Å²) in [7, 11) is 2.19. The number of nitrogens with one attached hydrogen (secondary N) is 2. The molecule has 9 nitrogen and oxygen atoms in total. The van der Waals surface area contributed by atoms with E-state index in [1.807, 2.05) is 6.07 Å². The number of aromatic nitrogens is 2. The monoisotopic (exact) mass is 641 g/mol. The molecular weight excluding hydrogens is 591 g/mol. The molecule has 0 unspecified atom stereocenters. The van der Waals surface area contributed by atoms with E-state index >= 15 is 0 Å². The minimum atomic E-state index is 0.0560. The van der Waals surface area contributed by atoms with Gasteiger partial charge in [0.15, 0.2) is 11.6 Å². The number of thiophene rings is 1. The maximum atomic E-state index is 9.94. The summed E-state index contributed by atoms with van der Waals surface area (Å²) in [5.74, 6) is 0.957. The Morgan fingerprint density at radius 3 is 2.78 bits per heavy atom. The van der Waals surface area contributed by atoms with Gasteiger partial charge >= 0.3 is 0 Å². The van der Waals surface area contributed by atoms with Gasteiger partial charge in [-0.2, -0.15) is 5.26 Å². The van der Waals surface area contributed by atoms with Crippen LogP contribution >= 0.6 is 11.3 Å². The second kappa shape index (κ2) is 16.1. The molecule has 2 atom stereocenters. The molecule has 0 saturated carbocycles. The molecule has 3 heterocycles. The Morgan fingerprint density at radius 2 is 2.11 bits per heavy atom. The first-order valence-corrected chi connectivity index (χ1v) is 17.4. The fourth-order valence-corrected chi connectivity index (χ4v) is 7.88. The molecule has 0 bridgehead atoms. The molecule has 46 heavy (non-hydrogen) atoms. The lowest BCUT2D eigenvalue weighted by Gasteiger charge is -2.26. The fraction of sp³-hybridized carbons (Fsp3) is 0.528. The standard InChI is InChI=1S/C36H51N9S/c1-7-10-29(24(5)28-12-8-13-31-33(28)30(21-37)35(40)46-31)34(39)36-43-26(14-15-27-11-9-18-45(27)6)20-32(44-36)41-17-16-25(38)19-23(4)42-22(2)3/h16-17,20,22,27-28,39,42H,4,7-15,18-19,38,40H2,1-3,5-6H3/b25-16-,29-24+,39-34?,41-17?/t27-,28+/m0/s1. The number of nitrogen functional groups attached to an aromatic ring is 1. The van der Waals surface area contributed by atoms with E-state index in [0.29, 0.717) is 52.1 Å². The third-order valence-corrected chi connectivity index (χ3v) is 10.1. The molecule has 2 aromatic heterocycles. The molecule has 6 N–H and O–H groups in total. The third kappa shape index (κ3) is 8.71. The summed E-state index contributed by atoms with van der Waals surface area (Å²) < 4.78 is 0. The van der Waals surface area contributed by atoms with Gasteiger partial charge in [-0.1, -0.05) is 25.5 Å². The summed E-state index contributed by atoms with van der Waals surface area (Å²) in [6.07, 6.45) is 12.7. The first-order valence-electron chi connectivity index (χ1n) is 16.6. The lowest BCUT2D eigenvalue weighted by Crippen LogP contribution is -2.25. The van der Waals surface area contributed by atoms with E-state index < -0.39 is 0 Å². The van der Waals surface area contributed by atoms with Gasteiger partial charge in [-0.15, -0.1) is 11.3 Å². The third-order valence-electron chi connectivity index (χ3n) is 9.01. The number of hydrogen-bond acceptors (Lipinski definition) is 10. The molecule has 0 aromatic carbocycles. The van der Waals surface area contributed by atoms with Gasteiger partial charge in [0.25, 0.3) is 0 Å². The number of rotatable bonds is 14. The van der Waals surface area contributed by atoms with Crippen LogP contribution < -0.4 is 16.8 Å². The van der Waals surface area contributed by atoms with Crippen molar-refractivity contribution in [1.29, 1.82) is 10.7 Å². The normalized spacial score (nSPS) is 19.3. The molecule has 1 fully saturated rings. The molecule has 1 aliphatic heterocycles. The zero-order chi connectivity index (χ0) is 33.4. The summed E-state index contributed by atoms with van der Waals surface area (Å²) in [5.41, 5.74) is 19.0. The predicted molar refractivity (Wildman–Crippen MR) is 192 cm³/mol. The number of likely N-dealkylation sites (tertiary alicyclic amines) is 1. The Morgan fingerprint density at radius 1 is 1.33 bits per heavy atom. The van der Waals surface area contributed by atoms with Crippen LogP contribution in [-0.4, -0.2) is 52.5 Å². The number of nitriles is 1. The number of allylic oxidation sites excluding steroid dienone is 3. The van der Waals surface area contributed by atoms with Crippen LogP contribution in [0, 0.1) is 16.7 Å². The van der Waals surface area contributed by atoms with Crippen LogP contribution in [0.2, 0.25) is 0 Å². The molecule has 1 aliphatic carbocycles. The van der Waals surface area contributed by atoms with Gasteiger partial charge in [0.1, 0.15) is 16.8 Å².